The van der Waals surface area contributed by atoms with Gasteiger partial charge in [-0.25, -0.2) is 8.78 Å². The number of carbonyl (C=O) groups excluding carboxylic acids is 1. The van der Waals surface area contributed by atoms with E-state index in [1.807, 2.05) is 0 Å². The van der Waals surface area contributed by atoms with E-state index in [4.69, 9.17) is 5.11 Å². The minimum atomic E-state index is -2.52. The van der Waals surface area contributed by atoms with E-state index in [0.717, 1.165) is 4.90 Å². The van der Waals surface area contributed by atoms with Crippen molar-refractivity contribution < 1.29 is 18.7 Å². The quantitative estimate of drug-likeness (QED) is 0.810. The summed E-state index contributed by atoms with van der Waals surface area (Å²) >= 11 is 0. The van der Waals surface area contributed by atoms with Gasteiger partial charge in [-0.15, -0.1) is 0 Å². The maximum atomic E-state index is 12.4. The highest BCUT2D eigenvalue weighted by Gasteiger charge is 2.67. The minimum absolute atomic E-state index is 0.0125. The fourth-order valence-electron chi connectivity index (χ4n) is 4.44. The molecule has 3 aliphatic carbocycles. The number of aliphatic hydroxyl groups excluding tert-OH is 1. The Bertz CT molecular complexity index is 330. The first-order chi connectivity index (χ1) is 8.63. The van der Waals surface area contributed by atoms with Gasteiger partial charge < -0.3 is 10.0 Å². The summed E-state index contributed by atoms with van der Waals surface area (Å²) in [5, 5.41) is 8.88. The Morgan fingerprint density at radius 2 is 1.89 bits per heavy atom. The van der Waals surface area contributed by atoms with E-state index < -0.39 is 13.0 Å². The molecule has 3 aliphatic rings. The summed E-state index contributed by atoms with van der Waals surface area (Å²) in [7, 11) is 0. The fraction of sp³-hybridized carbons (Fsp3) is 0.923. The van der Waals surface area contributed by atoms with Crippen LogP contribution in [0.4, 0.5) is 8.78 Å². The predicted octanol–water partition coefficient (Wildman–Crippen LogP) is 1.36. The van der Waals surface area contributed by atoms with Gasteiger partial charge in [-0.05, 0) is 42.9 Å². The number of fused-ring (bicyclic) bond motifs is 5. The summed E-state index contributed by atoms with van der Waals surface area (Å²) in [6, 6.07) is 0. The van der Waals surface area contributed by atoms with E-state index in [0.29, 0.717) is 23.7 Å². The third-order valence-corrected chi connectivity index (χ3v) is 5.06. The second kappa shape index (κ2) is 4.44. The van der Waals surface area contributed by atoms with Crippen LogP contribution in [0.1, 0.15) is 19.3 Å². The highest BCUT2D eigenvalue weighted by molar-refractivity contribution is 5.83. The molecule has 1 N–H and O–H groups in total. The number of hydrogen-bond donors (Lipinski definition) is 1. The second-order valence-electron chi connectivity index (χ2n) is 5.91. The first-order valence-electron chi connectivity index (χ1n) is 6.81. The Balaban J connectivity index is 1.64. The van der Waals surface area contributed by atoms with Gasteiger partial charge in [-0.1, -0.05) is 0 Å². The van der Waals surface area contributed by atoms with E-state index >= 15 is 0 Å². The SMILES string of the molecule is O=C(C1C2C3CCC(C3)C12)N(CCO)CC(F)F. The molecule has 1 amide bonds. The van der Waals surface area contributed by atoms with Crippen LogP contribution in [-0.2, 0) is 4.79 Å². The van der Waals surface area contributed by atoms with Crippen LogP contribution in [0.3, 0.4) is 0 Å². The van der Waals surface area contributed by atoms with Crippen molar-refractivity contribution in [3.8, 4) is 0 Å². The van der Waals surface area contributed by atoms with Gasteiger partial charge in [-0.3, -0.25) is 4.79 Å². The van der Waals surface area contributed by atoms with E-state index in [1.54, 1.807) is 0 Å². The molecule has 5 heteroatoms. The van der Waals surface area contributed by atoms with Crippen LogP contribution in [0.5, 0.6) is 0 Å². The van der Waals surface area contributed by atoms with Gasteiger partial charge in [-0.2, -0.15) is 0 Å². The highest BCUT2D eigenvalue weighted by atomic mass is 19.3. The molecule has 0 aromatic carbocycles. The van der Waals surface area contributed by atoms with Crippen molar-refractivity contribution >= 4 is 5.91 Å². The van der Waals surface area contributed by atoms with Gasteiger partial charge in [0.15, 0.2) is 0 Å². The highest BCUT2D eigenvalue weighted by Crippen LogP contribution is 2.69. The Hall–Kier alpha value is -0.710. The van der Waals surface area contributed by atoms with E-state index in [1.165, 1.54) is 19.3 Å². The first-order valence-corrected chi connectivity index (χ1v) is 6.81. The van der Waals surface area contributed by atoms with Crippen LogP contribution < -0.4 is 0 Å². The van der Waals surface area contributed by atoms with Crippen LogP contribution in [-0.4, -0.2) is 42.0 Å². The summed E-state index contributed by atoms with van der Waals surface area (Å²) in [6.45, 7) is -0.744. The summed E-state index contributed by atoms with van der Waals surface area (Å²) in [6.07, 6.45) is 1.15. The van der Waals surface area contributed by atoms with Crippen LogP contribution in [0.15, 0.2) is 0 Å². The van der Waals surface area contributed by atoms with Gasteiger partial charge in [0, 0.05) is 12.5 Å². The molecule has 3 rings (SSSR count). The molecule has 3 fully saturated rings. The zero-order valence-electron chi connectivity index (χ0n) is 10.3. The maximum Gasteiger partial charge on any atom is 0.255 e. The molecule has 0 radical (unpaired) electrons. The molecule has 3 saturated carbocycles. The standard InChI is InChI=1S/C13H19F2NO2/c14-9(15)6-16(3-4-17)13(18)12-10-7-1-2-8(5-7)11(10)12/h7-12,17H,1-6H2. The number of halogens is 2. The van der Waals surface area contributed by atoms with Gasteiger partial charge >= 0.3 is 0 Å². The molecule has 4 atom stereocenters. The number of amides is 1. The lowest BCUT2D eigenvalue weighted by Crippen LogP contribution is -2.39. The number of hydrogen-bond acceptors (Lipinski definition) is 2. The Kier molecular flexibility index (Phi) is 3.04. The first kappa shape index (κ1) is 12.3. The number of aliphatic hydroxyl groups is 1. The smallest absolute Gasteiger partial charge is 0.255 e. The van der Waals surface area contributed by atoms with Crippen LogP contribution >= 0.6 is 0 Å². The van der Waals surface area contributed by atoms with E-state index in [9.17, 15) is 13.6 Å². The van der Waals surface area contributed by atoms with Crippen molar-refractivity contribution in [3.63, 3.8) is 0 Å². The lowest BCUT2D eigenvalue weighted by Gasteiger charge is -2.22. The topological polar surface area (TPSA) is 40.5 Å². The van der Waals surface area contributed by atoms with Gasteiger partial charge in [0.25, 0.3) is 6.43 Å². The zero-order chi connectivity index (χ0) is 12.9. The van der Waals surface area contributed by atoms with Crippen molar-refractivity contribution in [1.29, 1.82) is 0 Å². The average molecular weight is 259 g/mol. The molecule has 4 unspecified atom stereocenters. The summed E-state index contributed by atoms with van der Waals surface area (Å²) in [4.78, 5) is 13.4. The molecule has 0 aromatic rings. The number of carbonyl (C=O) groups is 1. The lowest BCUT2D eigenvalue weighted by molar-refractivity contribution is -0.136. The molecular weight excluding hydrogens is 240 g/mol. The summed E-state index contributed by atoms with van der Waals surface area (Å²) < 4.78 is 24.9. The molecule has 102 valence electrons. The monoisotopic (exact) mass is 259 g/mol. The maximum absolute atomic E-state index is 12.4. The number of alkyl halides is 2. The largest absolute Gasteiger partial charge is 0.395 e. The molecular formula is C13H19F2NO2. The molecule has 0 aliphatic heterocycles. The van der Waals surface area contributed by atoms with Crippen LogP contribution in [0.2, 0.25) is 0 Å². The third-order valence-electron chi connectivity index (χ3n) is 5.06. The Morgan fingerprint density at radius 1 is 1.28 bits per heavy atom. The molecule has 0 heterocycles. The zero-order valence-corrected chi connectivity index (χ0v) is 10.3. The van der Waals surface area contributed by atoms with Gasteiger partial charge in [0.1, 0.15) is 0 Å². The van der Waals surface area contributed by atoms with Crippen molar-refractivity contribution in [2.45, 2.75) is 25.7 Å². The van der Waals surface area contributed by atoms with Crippen molar-refractivity contribution in [2.24, 2.45) is 29.6 Å². The van der Waals surface area contributed by atoms with Crippen molar-refractivity contribution in [1.82, 2.24) is 4.90 Å². The van der Waals surface area contributed by atoms with Crippen molar-refractivity contribution in [2.75, 3.05) is 19.7 Å². The number of nitrogens with zero attached hydrogens (tertiary/aromatic N) is 1. The lowest BCUT2D eigenvalue weighted by atomic mass is 10.0. The molecule has 2 bridgehead atoms. The molecule has 0 saturated heterocycles. The average Bonchev–Trinajstić information content (AvgIpc) is 2.75. The molecule has 3 nitrogen and oxygen atoms in total. The van der Waals surface area contributed by atoms with E-state index in [-0.39, 0.29) is 25.0 Å². The normalized spacial score (nSPS) is 40.1. The van der Waals surface area contributed by atoms with Crippen LogP contribution in [0.25, 0.3) is 0 Å². The molecule has 18 heavy (non-hydrogen) atoms. The predicted molar refractivity (Wildman–Crippen MR) is 61.0 cm³/mol. The fourth-order valence-corrected chi connectivity index (χ4v) is 4.44. The molecule has 0 spiro atoms. The minimum Gasteiger partial charge on any atom is -0.395 e. The van der Waals surface area contributed by atoms with Crippen molar-refractivity contribution in [3.05, 3.63) is 0 Å². The summed E-state index contributed by atoms with van der Waals surface area (Å²) in [5.74, 6) is 2.11. The van der Waals surface area contributed by atoms with Gasteiger partial charge in [0.2, 0.25) is 5.91 Å². The molecule has 0 aromatic heterocycles. The number of rotatable bonds is 5. The van der Waals surface area contributed by atoms with Gasteiger partial charge in [0.05, 0.1) is 13.2 Å². The van der Waals surface area contributed by atoms with Crippen LogP contribution in [0, 0.1) is 29.6 Å². The Labute approximate surface area is 105 Å². The van der Waals surface area contributed by atoms with E-state index in [2.05, 4.69) is 0 Å². The Morgan fingerprint density at radius 3 is 2.39 bits per heavy atom. The third kappa shape index (κ3) is 1.83. The summed E-state index contributed by atoms with van der Waals surface area (Å²) in [5.41, 5.74) is 0. The second-order valence-corrected chi connectivity index (χ2v) is 5.91.